The van der Waals surface area contributed by atoms with Gasteiger partial charge >= 0.3 is 0 Å². The SMILES string of the molecule is Cc1ccc(S(=O)(=O)NC2CCCC2C#N)c(C)c1. The Morgan fingerprint density at radius 1 is 1.32 bits per heavy atom. The van der Waals surface area contributed by atoms with Crippen LogP contribution < -0.4 is 4.72 Å². The molecule has 1 fully saturated rings. The first-order valence-electron chi connectivity index (χ1n) is 6.43. The largest absolute Gasteiger partial charge is 0.241 e. The molecule has 2 atom stereocenters. The van der Waals surface area contributed by atoms with Crippen LogP contribution in [0.2, 0.25) is 0 Å². The standard InChI is InChI=1S/C14H18N2O2S/c1-10-6-7-14(11(2)8-10)19(17,18)16-13-5-3-4-12(13)9-15/h6-8,12-13,16H,3-5H2,1-2H3. The number of sulfonamides is 1. The molecule has 2 unspecified atom stereocenters. The number of hydrogen-bond donors (Lipinski definition) is 1. The molecule has 1 saturated carbocycles. The molecule has 1 aromatic carbocycles. The Bertz CT molecular complexity index is 617. The molecule has 0 aromatic heterocycles. The van der Waals surface area contributed by atoms with E-state index in [0.29, 0.717) is 4.90 Å². The second-order valence-corrected chi connectivity index (χ2v) is 6.85. The van der Waals surface area contributed by atoms with Crippen LogP contribution in [0, 0.1) is 31.1 Å². The molecule has 0 radical (unpaired) electrons. The Kier molecular flexibility index (Phi) is 3.93. The van der Waals surface area contributed by atoms with Crippen molar-refractivity contribution in [3.63, 3.8) is 0 Å². The van der Waals surface area contributed by atoms with E-state index in [-0.39, 0.29) is 12.0 Å². The van der Waals surface area contributed by atoms with Crippen LogP contribution in [0.3, 0.4) is 0 Å². The number of nitrogens with one attached hydrogen (secondary N) is 1. The molecule has 0 bridgehead atoms. The summed E-state index contributed by atoms with van der Waals surface area (Å²) in [7, 11) is -3.54. The van der Waals surface area contributed by atoms with Crippen molar-refractivity contribution < 1.29 is 8.42 Å². The number of benzene rings is 1. The van der Waals surface area contributed by atoms with E-state index >= 15 is 0 Å². The Hall–Kier alpha value is -1.38. The molecule has 0 spiro atoms. The maximum Gasteiger partial charge on any atom is 0.241 e. The summed E-state index contributed by atoms with van der Waals surface area (Å²) in [5, 5.41) is 9.01. The molecular weight excluding hydrogens is 260 g/mol. The van der Waals surface area contributed by atoms with Gasteiger partial charge in [0.15, 0.2) is 0 Å². The molecule has 102 valence electrons. The number of aryl methyl sites for hydroxylation is 2. The van der Waals surface area contributed by atoms with Crippen LogP contribution in [0.1, 0.15) is 30.4 Å². The normalized spacial score (nSPS) is 23.2. The highest BCUT2D eigenvalue weighted by atomic mass is 32.2. The lowest BCUT2D eigenvalue weighted by Crippen LogP contribution is -2.37. The maximum atomic E-state index is 12.4. The van der Waals surface area contributed by atoms with Gasteiger partial charge in [0.1, 0.15) is 0 Å². The third-order valence-corrected chi connectivity index (χ3v) is 5.26. The van der Waals surface area contributed by atoms with Gasteiger partial charge in [0.2, 0.25) is 10.0 Å². The van der Waals surface area contributed by atoms with E-state index in [0.717, 1.165) is 30.4 Å². The van der Waals surface area contributed by atoms with Gasteiger partial charge in [0.05, 0.1) is 16.9 Å². The van der Waals surface area contributed by atoms with E-state index in [9.17, 15) is 8.42 Å². The zero-order chi connectivity index (χ0) is 14.0. The molecule has 5 heteroatoms. The fraction of sp³-hybridized carbons (Fsp3) is 0.500. The van der Waals surface area contributed by atoms with Gasteiger partial charge in [0, 0.05) is 6.04 Å². The number of rotatable bonds is 3. The van der Waals surface area contributed by atoms with Crippen LogP contribution >= 0.6 is 0 Å². The molecular formula is C14H18N2O2S. The second kappa shape index (κ2) is 5.32. The number of hydrogen-bond acceptors (Lipinski definition) is 3. The van der Waals surface area contributed by atoms with E-state index in [4.69, 9.17) is 5.26 Å². The molecule has 2 rings (SSSR count). The van der Waals surface area contributed by atoms with E-state index in [1.54, 1.807) is 19.1 Å². The van der Waals surface area contributed by atoms with Crippen molar-refractivity contribution >= 4 is 10.0 Å². The molecule has 0 amide bonds. The van der Waals surface area contributed by atoms with Crippen LogP contribution in [0.4, 0.5) is 0 Å². The molecule has 0 saturated heterocycles. The first kappa shape index (κ1) is 14.0. The minimum Gasteiger partial charge on any atom is -0.207 e. The molecule has 4 nitrogen and oxygen atoms in total. The summed E-state index contributed by atoms with van der Waals surface area (Å²) >= 11 is 0. The van der Waals surface area contributed by atoms with Gasteiger partial charge in [-0.1, -0.05) is 24.1 Å². The van der Waals surface area contributed by atoms with Crippen molar-refractivity contribution in [1.29, 1.82) is 5.26 Å². The maximum absolute atomic E-state index is 12.4. The van der Waals surface area contributed by atoms with E-state index in [1.165, 1.54) is 0 Å². The Morgan fingerprint density at radius 2 is 2.05 bits per heavy atom. The number of nitriles is 1. The lowest BCUT2D eigenvalue weighted by Gasteiger charge is -2.17. The summed E-state index contributed by atoms with van der Waals surface area (Å²) in [5.74, 6) is -0.208. The summed E-state index contributed by atoms with van der Waals surface area (Å²) in [6, 6.07) is 7.20. The van der Waals surface area contributed by atoms with Gasteiger partial charge in [-0.3, -0.25) is 0 Å². The van der Waals surface area contributed by atoms with Gasteiger partial charge in [-0.05, 0) is 38.3 Å². The molecule has 1 aliphatic rings. The zero-order valence-corrected chi connectivity index (χ0v) is 12.0. The predicted octanol–water partition coefficient (Wildman–Crippen LogP) is 2.27. The quantitative estimate of drug-likeness (QED) is 0.922. The Balaban J connectivity index is 2.26. The summed E-state index contributed by atoms with van der Waals surface area (Å²) in [6.07, 6.45) is 2.41. The van der Waals surface area contributed by atoms with Crippen LogP contribution in [0.15, 0.2) is 23.1 Å². The average molecular weight is 278 g/mol. The summed E-state index contributed by atoms with van der Waals surface area (Å²) < 4.78 is 27.4. The third-order valence-electron chi connectivity index (χ3n) is 3.61. The lowest BCUT2D eigenvalue weighted by atomic mass is 10.1. The third kappa shape index (κ3) is 2.96. The van der Waals surface area contributed by atoms with Crippen LogP contribution in [-0.4, -0.2) is 14.5 Å². The smallest absolute Gasteiger partial charge is 0.207 e. The van der Waals surface area contributed by atoms with Crippen molar-refractivity contribution in [1.82, 2.24) is 4.72 Å². The van der Waals surface area contributed by atoms with Crippen molar-refractivity contribution in [3.05, 3.63) is 29.3 Å². The van der Waals surface area contributed by atoms with Gasteiger partial charge < -0.3 is 0 Å². The minimum absolute atomic E-state index is 0.208. The Morgan fingerprint density at radius 3 is 2.68 bits per heavy atom. The van der Waals surface area contributed by atoms with Crippen molar-refractivity contribution in [2.75, 3.05) is 0 Å². The van der Waals surface area contributed by atoms with E-state index in [1.807, 2.05) is 13.0 Å². The van der Waals surface area contributed by atoms with Crippen molar-refractivity contribution in [3.8, 4) is 6.07 Å². The molecule has 0 aliphatic heterocycles. The molecule has 1 aliphatic carbocycles. The predicted molar refractivity (Wildman–Crippen MR) is 73.0 cm³/mol. The molecule has 19 heavy (non-hydrogen) atoms. The van der Waals surface area contributed by atoms with E-state index in [2.05, 4.69) is 10.8 Å². The first-order valence-corrected chi connectivity index (χ1v) is 7.91. The molecule has 0 heterocycles. The lowest BCUT2D eigenvalue weighted by molar-refractivity contribution is 0.515. The van der Waals surface area contributed by atoms with Gasteiger partial charge in [-0.15, -0.1) is 0 Å². The highest BCUT2D eigenvalue weighted by Gasteiger charge is 2.31. The van der Waals surface area contributed by atoms with Crippen molar-refractivity contribution in [2.45, 2.75) is 44.0 Å². The number of nitrogens with zero attached hydrogens (tertiary/aromatic N) is 1. The summed E-state index contributed by atoms with van der Waals surface area (Å²) in [5.41, 5.74) is 1.77. The van der Waals surface area contributed by atoms with Gasteiger partial charge in [-0.25, -0.2) is 13.1 Å². The topological polar surface area (TPSA) is 70.0 Å². The molecule has 1 aromatic rings. The van der Waals surface area contributed by atoms with Gasteiger partial charge in [0.25, 0.3) is 0 Å². The minimum atomic E-state index is -3.54. The highest BCUT2D eigenvalue weighted by molar-refractivity contribution is 7.89. The molecule has 1 N–H and O–H groups in total. The van der Waals surface area contributed by atoms with Crippen LogP contribution in [-0.2, 0) is 10.0 Å². The summed E-state index contributed by atoms with van der Waals surface area (Å²) in [4.78, 5) is 0.307. The van der Waals surface area contributed by atoms with Crippen LogP contribution in [0.5, 0.6) is 0 Å². The second-order valence-electron chi connectivity index (χ2n) is 5.16. The fourth-order valence-electron chi connectivity index (χ4n) is 2.62. The monoisotopic (exact) mass is 278 g/mol. The Labute approximate surface area is 114 Å². The average Bonchev–Trinajstić information content (AvgIpc) is 2.74. The van der Waals surface area contributed by atoms with Gasteiger partial charge in [-0.2, -0.15) is 5.26 Å². The fourth-order valence-corrected chi connectivity index (χ4v) is 4.16. The van der Waals surface area contributed by atoms with Crippen LogP contribution in [0.25, 0.3) is 0 Å². The first-order chi connectivity index (χ1) is 8.94. The van der Waals surface area contributed by atoms with E-state index < -0.39 is 10.0 Å². The highest BCUT2D eigenvalue weighted by Crippen LogP contribution is 2.27. The zero-order valence-electron chi connectivity index (χ0n) is 11.2. The summed E-state index contributed by atoms with van der Waals surface area (Å²) in [6.45, 7) is 3.72. The van der Waals surface area contributed by atoms with Crippen molar-refractivity contribution in [2.24, 2.45) is 5.92 Å².